The fourth-order valence-electron chi connectivity index (χ4n) is 5.70. The van der Waals surface area contributed by atoms with Gasteiger partial charge in [-0.15, -0.1) is 13.2 Å². The van der Waals surface area contributed by atoms with E-state index in [0.29, 0.717) is 40.6 Å². The van der Waals surface area contributed by atoms with Crippen molar-refractivity contribution >= 4 is 34.7 Å². The summed E-state index contributed by atoms with van der Waals surface area (Å²) in [6.07, 6.45) is 5.18. The Morgan fingerprint density at radius 2 is 1.87 bits per heavy atom. The van der Waals surface area contributed by atoms with Gasteiger partial charge < -0.3 is 21.7 Å². The highest BCUT2D eigenvalue weighted by Crippen LogP contribution is 2.33. The van der Waals surface area contributed by atoms with Crippen LogP contribution in [0.25, 0.3) is 33.8 Å². The van der Waals surface area contributed by atoms with E-state index in [1.165, 1.54) is 17.2 Å². The monoisotopic (exact) mass is 631 g/mol. The first kappa shape index (κ1) is 32.4. The number of hydrogen-bond donors (Lipinski definition) is 3. The standard InChI is InChI=1S/C24H20F3N7.C9H16N2O/c25-24(26,27)31-13-16(12-28)19-8-9-20-23(32-19)34(17-7-6-14-3-1-4-15(14)11-17)22(33-20)18-5-2-10-30-21(18)29;1-3-9(12)11-6-4-8(10-2)5-7-11/h2,5-13H,1,3-4,28H2,(H2,29,30);3,8,10H,1,4-7H2,2H3/b16-12+,31-13+;. The zero-order chi connectivity index (χ0) is 32.8. The predicted molar refractivity (Wildman–Crippen MR) is 174 cm³/mol. The fourth-order valence-corrected chi connectivity index (χ4v) is 5.70. The lowest BCUT2D eigenvalue weighted by atomic mass is 10.1. The van der Waals surface area contributed by atoms with Gasteiger partial charge in [0.2, 0.25) is 5.91 Å². The number of anilines is 1. The molecule has 2 aliphatic rings. The summed E-state index contributed by atoms with van der Waals surface area (Å²) in [6, 6.07) is 13.6. The third-order valence-corrected chi connectivity index (χ3v) is 8.14. The molecule has 10 nitrogen and oxygen atoms in total. The molecule has 46 heavy (non-hydrogen) atoms. The van der Waals surface area contributed by atoms with Gasteiger partial charge in [0, 0.05) is 49.0 Å². The van der Waals surface area contributed by atoms with Gasteiger partial charge in [-0.3, -0.25) is 9.36 Å². The Morgan fingerprint density at radius 1 is 1.11 bits per heavy atom. The van der Waals surface area contributed by atoms with Gasteiger partial charge in [0.05, 0.1) is 11.3 Å². The van der Waals surface area contributed by atoms with Crippen molar-refractivity contribution in [1.29, 1.82) is 0 Å². The molecule has 0 radical (unpaired) electrons. The van der Waals surface area contributed by atoms with Gasteiger partial charge in [0.1, 0.15) is 11.3 Å². The van der Waals surface area contributed by atoms with E-state index >= 15 is 0 Å². The lowest BCUT2D eigenvalue weighted by Gasteiger charge is -2.30. The van der Waals surface area contributed by atoms with Crippen LogP contribution in [0.5, 0.6) is 0 Å². The molecule has 0 atom stereocenters. The minimum Gasteiger partial charge on any atom is -0.404 e. The lowest BCUT2D eigenvalue weighted by molar-refractivity contribution is -0.127. The number of aryl methyl sites for hydroxylation is 2. The summed E-state index contributed by atoms with van der Waals surface area (Å²) in [6.45, 7) is 5.18. The van der Waals surface area contributed by atoms with Gasteiger partial charge in [-0.05, 0) is 92.8 Å². The number of fused-ring (bicyclic) bond motifs is 2. The minimum atomic E-state index is -4.71. The van der Waals surface area contributed by atoms with Crippen LogP contribution in [0.1, 0.15) is 36.1 Å². The molecule has 4 heterocycles. The van der Waals surface area contributed by atoms with Crippen LogP contribution in [0.3, 0.4) is 0 Å². The molecule has 6 rings (SSSR count). The van der Waals surface area contributed by atoms with Crippen molar-refractivity contribution in [2.24, 2.45) is 10.7 Å². The number of aromatic nitrogens is 4. The second kappa shape index (κ2) is 13.9. The summed E-state index contributed by atoms with van der Waals surface area (Å²) in [5, 5.41) is 3.22. The Labute approximate surface area is 264 Å². The van der Waals surface area contributed by atoms with Gasteiger partial charge in [0.15, 0.2) is 11.5 Å². The SMILES string of the molecule is C=CC(=O)N1CCC(NC)CC1.N/C=C(\C=N\C(F)(F)F)c1ccc2nc(-c3cccnc3N)n(-c3ccc4c(c3)CCC4)c2n1. The molecule has 1 fully saturated rings. The van der Waals surface area contributed by atoms with Crippen molar-refractivity contribution in [2.75, 3.05) is 25.9 Å². The van der Waals surface area contributed by atoms with Crippen LogP contribution >= 0.6 is 0 Å². The molecule has 0 unspecified atom stereocenters. The van der Waals surface area contributed by atoms with Crippen LogP contribution in [0.4, 0.5) is 19.0 Å². The molecule has 0 bridgehead atoms. The molecular formula is C33H36F3N9O. The Hall–Kier alpha value is -5.04. The van der Waals surface area contributed by atoms with E-state index in [4.69, 9.17) is 16.5 Å². The van der Waals surface area contributed by atoms with E-state index in [1.807, 2.05) is 28.6 Å². The van der Waals surface area contributed by atoms with Gasteiger partial charge in [0.25, 0.3) is 0 Å². The Bertz CT molecular complexity index is 1790. The average molecular weight is 632 g/mol. The largest absolute Gasteiger partial charge is 0.503 e. The van der Waals surface area contributed by atoms with E-state index in [1.54, 1.807) is 24.4 Å². The number of nitrogen functional groups attached to an aromatic ring is 1. The number of piperidine rings is 1. The third kappa shape index (κ3) is 7.26. The first-order valence-electron chi connectivity index (χ1n) is 15.0. The summed E-state index contributed by atoms with van der Waals surface area (Å²) < 4.78 is 39.7. The zero-order valence-corrected chi connectivity index (χ0v) is 25.5. The highest BCUT2D eigenvalue weighted by Gasteiger charge is 2.25. The quantitative estimate of drug-likeness (QED) is 0.157. The van der Waals surface area contributed by atoms with Crippen molar-refractivity contribution in [3.63, 3.8) is 0 Å². The molecule has 5 N–H and O–H groups in total. The topological polar surface area (TPSA) is 140 Å². The summed E-state index contributed by atoms with van der Waals surface area (Å²) in [7, 11) is 1.97. The van der Waals surface area contributed by atoms with Crippen molar-refractivity contribution in [3.8, 4) is 17.1 Å². The number of rotatable bonds is 6. The molecule has 0 spiro atoms. The number of likely N-dealkylation sites (tertiary alicyclic amines) is 1. The highest BCUT2D eigenvalue weighted by molar-refractivity contribution is 6.09. The number of allylic oxidation sites excluding steroid dienone is 1. The molecule has 1 saturated heterocycles. The molecule has 4 aromatic rings. The van der Waals surface area contributed by atoms with Gasteiger partial charge in [-0.1, -0.05) is 12.6 Å². The summed E-state index contributed by atoms with van der Waals surface area (Å²) in [5.74, 6) is 0.898. The first-order chi connectivity index (χ1) is 22.1. The number of amides is 1. The maximum absolute atomic E-state index is 12.6. The van der Waals surface area contributed by atoms with Crippen molar-refractivity contribution < 1.29 is 18.0 Å². The number of carbonyl (C=O) groups excluding carboxylic acids is 1. The number of benzene rings is 1. The second-order valence-corrected chi connectivity index (χ2v) is 11.0. The number of alkyl halides is 3. The van der Waals surface area contributed by atoms with Crippen LogP contribution in [-0.4, -0.2) is 69.0 Å². The second-order valence-electron chi connectivity index (χ2n) is 11.0. The third-order valence-electron chi connectivity index (χ3n) is 8.14. The van der Waals surface area contributed by atoms with Crippen LogP contribution in [0.2, 0.25) is 0 Å². The van der Waals surface area contributed by atoms with Crippen LogP contribution < -0.4 is 16.8 Å². The van der Waals surface area contributed by atoms with Crippen LogP contribution in [0, 0.1) is 0 Å². The van der Waals surface area contributed by atoms with E-state index < -0.39 is 6.30 Å². The van der Waals surface area contributed by atoms with Gasteiger partial charge >= 0.3 is 6.30 Å². The molecule has 1 amide bonds. The van der Waals surface area contributed by atoms with Crippen LogP contribution in [0.15, 0.2) is 72.5 Å². The molecule has 1 aromatic carbocycles. The molecule has 1 aliphatic heterocycles. The Kier molecular flexibility index (Phi) is 9.81. The number of aliphatic imine (C=N–C) groups is 1. The summed E-state index contributed by atoms with van der Waals surface area (Å²) in [5.41, 5.74) is 17.0. The number of imidazole rings is 1. The Morgan fingerprint density at radius 3 is 2.54 bits per heavy atom. The van der Waals surface area contributed by atoms with Crippen molar-refractivity contribution in [1.82, 2.24) is 29.7 Å². The van der Waals surface area contributed by atoms with E-state index in [9.17, 15) is 18.0 Å². The van der Waals surface area contributed by atoms with Crippen molar-refractivity contribution in [2.45, 2.75) is 44.4 Å². The first-order valence-corrected chi connectivity index (χ1v) is 15.0. The number of nitrogens with zero attached hydrogens (tertiary/aromatic N) is 6. The highest BCUT2D eigenvalue weighted by atomic mass is 19.4. The van der Waals surface area contributed by atoms with E-state index in [-0.39, 0.29) is 17.2 Å². The van der Waals surface area contributed by atoms with Crippen LogP contribution in [-0.2, 0) is 17.6 Å². The summed E-state index contributed by atoms with van der Waals surface area (Å²) >= 11 is 0. The fraction of sp³-hybridized carbons (Fsp3) is 0.303. The average Bonchev–Trinajstić information content (AvgIpc) is 3.69. The molecule has 240 valence electrons. The maximum Gasteiger partial charge on any atom is 0.503 e. The zero-order valence-electron chi connectivity index (χ0n) is 25.5. The predicted octanol–water partition coefficient (Wildman–Crippen LogP) is 4.83. The number of nitrogens with one attached hydrogen (secondary N) is 1. The van der Waals surface area contributed by atoms with Crippen molar-refractivity contribution in [3.05, 3.63) is 84.3 Å². The molecule has 13 heteroatoms. The van der Waals surface area contributed by atoms with Gasteiger partial charge in [-0.2, -0.15) is 4.99 Å². The number of hydrogen-bond acceptors (Lipinski definition) is 8. The molecule has 0 saturated carbocycles. The number of nitrogens with two attached hydrogens (primary N) is 2. The minimum absolute atomic E-state index is 0.0309. The number of carbonyl (C=O) groups is 1. The van der Waals surface area contributed by atoms with E-state index in [2.05, 4.69) is 39.0 Å². The molecule has 3 aromatic heterocycles. The van der Waals surface area contributed by atoms with Gasteiger partial charge in [-0.25, -0.2) is 15.0 Å². The Balaban J connectivity index is 0.000000293. The van der Waals surface area contributed by atoms with E-state index in [0.717, 1.165) is 57.1 Å². The lowest BCUT2D eigenvalue weighted by Crippen LogP contribution is -2.43. The summed E-state index contributed by atoms with van der Waals surface area (Å²) in [4.78, 5) is 29.2. The number of pyridine rings is 2. The smallest absolute Gasteiger partial charge is 0.404 e. The normalized spacial score (nSPS) is 15.6. The maximum atomic E-state index is 12.6. The molecular weight excluding hydrogens is 595 g/mol. The number of halogens is 3. The molecule has 1 aliphatic carbocycles.